The number of rotatable bonds is 6. The second kappa shape index (κ2) is 10.6. The number of benzene rings is 3. The fourth-order valence-corrected chi connectivity index (χ4v) is 5.46. The molecule has 192 valence electrons. The lowest BCUT2D eigenvalue weighted by Gasteiger charge is -2.33. The van der Waals surface area contributed by atoms with E-state index in [0.29, 0.717) is 25.4 Å². The van der Waals surface area contributed by atoms with Gasteiger partial charge < -0.3 is 18.6 Å². The molecule has 0 radical (unpaired) electrons. The first-order valence-corrected chi connectivity index (χ1v) is 13.6. The lowest BCUT2D eigenvalue weighted by molar-refractivity contribution is 0.0165. The predicted molar refractivity (Wildman–Crippen MR) is 139 cm³/mol. The molecule has 0 aromatic heterocycles. The minimum atomic E-state index is -4.13. The first kappa shape index (κ1) is 26.1. The molecule has 1 fully saturated rings. The summed E-state index contributed by atoms with van der Waals surface area (Å²) in [6.07, 6.45) is 1.28. The Hall–Kier alpha value is -2.97. The standard InChI is InChI=1S/C27H30ClNO6S/c1-27(2,3)34-26(30)29-14-12-19(13-15-29)18-33-24-17-21(16-20-8-4-5-9-22(20)24)35-36(31,32)25-11-7-6-10-23(25)28/h4-11,16-17,19H,12-15,18H2,1-3H3. The molecular formula is C27H30ClNO6S. The van der Waals surface area contributed by atoms with Crippen LogP contribution in [-0.2, 0) is 14.9 Å². The second-order valence-corrected chi connectivity index (χ2v) is 11.8. The molecule has 0 saturated carbocycles. The van der Waals surface area contributed by atoms with E-state index >= 15 is 0 Å². The van der Waals surface area contributed by atoms with Crippen molar-refractivity contribution in [3.63, 3.8) is 0 Å². The number of piperidine rings is 1. The molecule has 0 N–H and O–H groups in total. The molecular weight excluding hydrogens is 502 g/mol. The van der Waals surface area contributed by atoms with Crippen LogP contribution in [0.5, 0.6) is 11.5 Å². The fourth-order valence-electron chi connectivity index (χ4n) is 4.05. The monoisotopic (exact) mass is 531 g/mol. The molecule has 36 heavy (non-hydrogen) atoms. The number of fused-ring (bicyclic) bond motifs is 1. The summed E-state index contributed by atoms with van der Waals surface area (Å²) < 4.78 is 42.8. The summed E-state index contributed by atoms with van der Waals surface area (Å²) in [7, 11) is -4.13. The summed E-state index contributed by atoms with van der Waals surface area (Å²) in [5, 5.41) is 1.73. The van der Waals surface area contributed by atoms with Gasteiger partial charge in [0, 0.05) is 24.5 Å². The summed E-state index contributed by atoms with van der Waals surface area (Å²) in [5.74, 6) is 0.925. The van der Waals surface area contributed by atoms with E-state index in [2.05, 4.69) is 0 Å². The van der Waals surface area contributed by atoms with Crippen LogP contribution in [0.2, 0.25) is 5.02 Å². The van der Waals surface area contributed by atoms with Gasteiger partial charge in [-0.25, -0.2) is 4.79 Å². The van der Waals surface area contributed by atoms with Crippen LogP contribution < -0.4 is 8.92 Å². The maximum absolute atomic E-state index is 12.9. The van der Waals surface area contributed by atoms with Gasteiger partial charge in [0.1, 0.15) is 22.0 Å². The molecule has 3 aromatic carbocycles. The molecule has 0 bridgehead atoms. The second-order valence-electron chi connectivity index (χ2n) is 9.83. The van der Waals surface area contributed by atoms with Crippen molar-refractivity contribution in [2.24, 2.45) is 5.92 Å². The number of nitrogens with zero attached hydrogens (tertiary/aromatic N) is 1. The van der Waals surface area contributed by atoms with E-state index in [4.69, 9.17) is 25.3 Å². The SMILES string of the molecule is CC(C)(C)OC(=O)N1CCC(COc2cc(OS(=O)(=O)c3ccccc3Cl)cc3ccccc23)CC1. The molecule has 1 saturated heterocycles. The molecule has 4 rings (SSSR count). The van der Waals surface area contributed by atoms with Crippen molar-refractivity contribution in [2.75, 3.05) is 19.7 Å². The average molecular weight is 532 g/mol. The fraction of sp³-hybridized carbons (Fsp3) is 0.370. The Morgan fingerprint density at radius 3 is 2.39 bits per heavy atom. The zero-order valence-electron chi connectivity index (χ0n) is 20.6. The largest absolute Gasteiger partial charge is 0.493 e. The van der Waals surface area contributed by atoms with E-state index in [1.165, 1.54) is 12.1 Å². The summed E-state index contributed by atoms with van der Waals surface area (Å²) in [6.45, 7) is 7.20. The number of hydrogen-bond donors (Lipinski definition) is 0. The Morgan fingerprint density at radius 2 is 1.69 bits per heavy atom. The molecule has 7 nitrogen and oxygen atoms in total. The zero-order chi connectivity index (χ0) is 25.9. The van der Waals surface area contributed by atoms with Gasteiger partial charge in [0.25, 0.3) is 0 Å². The lowest BCUT2D eigenvalue weighted by atomic mass is 9.98. The van der Waals surface area contributed by atoms with Gasteiger partial charge in [-0.15, -0.1) is 0 Å². The molecule has 0 aliphatic carbocycles. The number of ether oxygens (including phenoxy) is 2. The molecule has 1 aliphatic rings. The minimum Gasteiger partial charge on any atom is -0.493 e. The van der Waals surface area contributed by atoms with Crippen LogP contribution in [0, 0.1) is 5.92 Å². The van der Waals surface area contributed by atoms with Crippen molar-refractivity contribution in [1.29, 1.82) is 0 Å². The summed E-state index contributed by atoms with van der Waals surface area (Å²) in [5.41, 5.74) is -0.523. The Morgan fingerprint density at radius 1 is 1.03 bits per heavy atom. The smallest absolute Gasteiger partial charge is 0.410 e. The van der Waals surface area contributed by atoms with Crippen LogP contribution in [0.1, 0.15) is 33.6 Å². The Labute approximate surface area is 217 Å². The Balaban J connectivity index is 1.46. The van der Waals surface area contributed by atoms with Gasteiger partial charge in [0.2, 0.25) is 0 Å². The summed E-state index contributed by atoms with van der Waals surface area (Å²) in [6, 6.07) is 17.0. The van der Waals surface area contributed by atoms with Gasteiger partial charge in [0.15, 0.2) is 0 Å². The molecule has 0 atom stereocenters. The van der Waals surface area contributed by atoms with E-state index in [9.17, 15) is 13.2 Å². The van der Waals surface area contributed by atoms with Gasteiger partial charge in [-0.2, -0.15) is 8.42 Å². The number of likely N-dealkylation sites (tertiary alicyclic amines) is 1. The van der Waals surface area contributed by atoms with Crippen molar-refractivity contribution in [2.45, 2.75) is 44.1 Å². The maximum atomic E-state index is 12.9. The molecule has 3 aromatic rings. The normalized spacial score (nSPS) is 15.1. The molecule has 1 aliphatic heterocycles. The van der Waals surface area contributed by atoms with E-state index < -0.39 is 15.7 Å². The van der Waals surface area contributed by atoms with Crippen LogP contribution in [0.15, 0.2) is 65.6 Å². The maximum Gasteiger partial charge on any atom is 0.410 e. The van der Waals surface area contributed by atoms with Gasteiger partial charge in [-0.3, -0.25) is 0 Å². The average Bonchev–Trinajstić information content (AvgIpc) is 2.81. The van der Waals surface area contributed by atoms with Crippen LogP contribution in [0.25, 0.3) is 10.8 Å². The van der Waals surface area contributed by atoms with E-state index in [1.807, 2.05) is 45.0 Å². The van der Waals surface area contributed by atoms with Gasteiger partial charge >= 0.3 is 16.2 Å². The molecule has 0 unspecified atom stereocenters. The van der Waals surface area contributed by atoms with Crippen molar-refractivity contribution in [3.8, 4) is 11.5 Å². The highest BCUT2D eigenvalue weighted by Gasteiger charge is 2.27. The third-order valence-corrected chi connectivity index (χ3v) is 7.60. The highest BCUT2D eigenvalue weighted by atomic mass is 35.5. The lowest BCUT2D eigenvalue weighted by Crippen LogP contribution is -2.42. The Bertz CT molecular complexity index is 1340. The van der Waals surface area contributed by atoms with Crippen LogP contribution in [-0.4, -0.2) is 44.7 Å². The van der Waals surface area contributed by atoms with Crippen molar-refractivity contribution < 1.29 is 26.9 Å². The van der Waals surface area contributed by atoms with Gasteiger partial charge in [-0.05, 0) is 63.1 Å². The van der Waals surface area contributed by atoms with Gasteiger partial charge in [0.05, 0.1) is 11.6 Å². The van der Waals surface area contributed by atoms with Gasteiger partial charge in [-0.1, -0.05) is 48.0 Å². The quantitative estimate of drug-likeness (QED) is 0.348. The van der Waals surface area contributed by atoms with E-state index in [0.717, 1.165) is 23.6 Å². The number of hydrogen-bond acceptors (Lipinski definition) is 6. The number of amides is 1. The number of carbonyl (C=O) groups is 1. The van der Waals surface area contributed by atoms with Crippen LogP contribution in [0.4, 0.5) is 4.79 Å². The van der Waals surface area contributed by atoms with Crippen molar-refractivity contribution >= 4 is 38.6 Å². The minimum absolute atomic E-state index is 0.0903. The highest BCUT2D eigenvalue weighted by molar-refractivity contribution is 7.87. The molecule has 0 spiro atoms. The summed E-state index contributed by atoms with van der Waals surface area (Å²) >= 11 is 6.08. The summed E-state index contributed by atoms with van der Waals surface area (Å²) in [4.78, 5) is 14.0. The van der Waals surface area contributed by atoms with Crippen molar-refractivity contribution in [1.82, 2.24) is 4.90 Å². The van der Waals surface area contributed by atoms with E-state index in [-0.39, 0.29) is 27.7 Å². The molecule has 9 heteroatoms. The van der Waals surface area contributed by atoms with Crippen LogP contribution in [0.3, 0.4) is 0 Å². The molecule has 1 heterocycles. The first-order valence-electron chi connectivity index (χ1n) is 11.8. The topological polar surface area (TPSA) is 82.1 Å². The zero-order valence-corrected chi connectivity index (χ0v) is 22.1. The highest BCUT2D eigenvalue weighted by Crippen LogP contribution is 2.34. The number of carbonyl (C=O) groups excluding carboxylic acids is 1. The predicted octanol–water partition coefficient (Wildman–Crippen LogP) is 6.29. The molecule has 1 amide bonds. The third kappa shape index (κ3) is 6.42. The van der Waals surface area contributed by atoms with Crippen molar-refractivity contribution in [3.05, 3.63) is 65.7 Å². The van der Waals surface area contributed by atoms with Crippen LogP contribution >= 0.6 is 11.6 Å². The number of halogens is 1. The Kier molecular flexibility index (Phi) is 7.66. The first-order chi connectivity index (χ1) is 17.0. The third-order valence-electron chi connectivity index (χ3n) is 5.85. The van der Waals surface area contributed by atoms with E-state index in [1.54, 1.807) is 29.2 Å².